The van der Waals surface area contributed by atoms with Gasteiger partial charge in [0.05, 0.1) is 4.90 Å². The second kappa shape index (κ2) is 9.97. The molecule has 180 valence electrons. The molecule has 1 saturated heterocycles. The van der Waals surface area contributed by atoms with Crippen LogP contribution in [0.15, 0.2) is 64.7 Å². The van der Waals surface area contributed by atoms with E-state index in [1.807, 2.05) is 12.4 Å². The number of piperidine rings is 1. The molecule has 2 aromatic heterocycles. The lowest BCUT2D eigenvalue weighted by molar-refractivity contribution is 0.155. The first-order valence-electron chi connectivity index (χ1n) is 11.5. The van der Waals surface area contributed by atoms with Gasteiger partial charge >= 0.3 is 0 Å². The van der Waals surface area contributed by atoms with E-state index in [2.05, 4.69) is 28.7 Å². The number of aryl methyl sites for hydroxylation is 1. The van der Waals surface area contributed by atoms with E-state index < -0.39 is 9.84 Å². The van der Waals surface area contributed by atoms with Crippen molar-refractivity contribution in [3.63, 3.8) is 0 Å². The Bertz CT molecular complexity index is 1290. The molecule has 0 bridgehead atoms. The minimum atomic E-state index is -3.28. The summed E-state index contributed by atoms with van der Waals surface area (Å²) >= 11 is 0. The van der Waals surface area contributed by atoms with Gasteiger partial charge in [0.15, 0.2) is 9.84 Å². The maximum absolute atomic E-state index is 12.7. The van der Waals surface area contributed by atoms with Crippen molar-refractivity contribution in [1.82, 2.24) is 14.5 Å². The van der Waals surface area contributed by atoms with Crippen LogP contribution in [0.3, 0.4) is 0 Å². The van der Waals surface area contributed by atoms with Crippen LogP contribution < -0.4 is 15.2 Å². The summed E-state index contributed by atoms with van der Waals surface area (Å²) in [7, 11) is -3.28. The minimum Gasteiger partial charge on any atom is -0.490 e. The van der Waals surface area contributed by atoms with Crippen molar-refractivity contribution in [3.05, 3.63) is 70.9 Å². The van der Waals surface area contributed by atoms with Crippen LogP contribution in [0.2, 0.25) is 0 Å². The fraction of sp³-hybridized carbons (Fsp3) is 0.400. The largest absolute Gasteiger partial charge is 0.490 e. The molecule has 0 unspecified atom stereocenters. The molecule has 34 heavy (non-hydrogen) atoms. The lowest BCUT2D eigenvalue weighted by Crippen LogP contribution is -2.45. The molecular weight excluding hydrogens is 452 g/mol. The first-order chi connectivity index (χ1) is 16.2. The highest BCUT2D eigenvalue weighted by Gasteiger charge is 2.28. The highest BCUT2D eigenvalue weighted by molar-refractivity contribution is 7.90. The zero-order valence-corrected chi connectivity index (χ0v) is 20.5. The van der Waals surface area contributed by atoms with Gasteiger partial charge < -0.3 is 9.64 Å². The summed E-state index contributed by atoms with van der Waals surface area (Å²) in [6, 6.07) is 9.68. The van der Waals surface area contributed by atoms with Crippen molar-refractivity contribution in [3.8, 4) is 11.4 Å². The number of benzene rings is 1. The average Bonchev–Trinajstić information content (AvgIpc) is 2.80. The SMILES string of the molecule is CCCc1cnc(N2CC[C@H](Oc3ccn(-c4ccc(S(C)(=O)=O)cc4)c(=O)c3)C[C@@H]2C)nc1. The van der Waals surface area contributed by atoms with Gasteiger partial charge in [0.25, 0.3) is 5.56 Å². The predicted molar refractivity (Wildman–Crippen MR) is 132 cm³/mol. The van der Waals surface area contributed by atoms with Crippen molar-refractivity contribution in [2.45, 2.75) is 56.6 Å². The molecular formula is C25H30N4O4S. The van der Waals surface area contributed by atoms with Crippen molar-refractivity contribution < 1.29 is 13.2 Å². The van der Waals surface area contributed by atoms with Crippen molar-refractivity contribution in [1.29, 1.82) is 0 Å². The summed E-state index contributed by atoms with van der Waals surface area (Å²) in [5, 5.41) is 0. The van der Waals surface area contributed by atoms with Crippen molar-refractivity contribution in [2.24, 2.45) is 0 Å². The summed E-state index contributed by atoms with van der Waals surface area (Å²) in [5.41, 5.74) is 1.50. The summed E-state index contributed by atoms with van der Waals surface area (Å²) < 4.78 is 30.9. The van der Waals surface area contributed by atoms with Crippen LogP contribution in [-0.4, -0.2) is 47.9 Å². The molecule has 0 spiro atoms. The van der Waals surface area contributed by atoms with Crippen LogP contribution in [-0.2, 0) is 16.3 Å². The van der Waals surface area contributed by atoms with E-state index in [9.17, 15) is 13.2 Å². The highest BCUT2D eigenvalue weighted by atomic mass is 32.2. The Balaban J connectivity index is 1.40. The Morgan fingerprint density at radius 3 is 2.41 bits per heavy atom. The summed E-state index contributed by atoms with van der Waals surface area (Å²) in [5.74, 6) is 1.27. The highest BCUT2D eigenvalue weighted by Crippen LogP contribution is 2.25. The van der Waals surface area contributed by atoms with E-state index >= 15 is 0 Å². The monoisotopic (exact) mass is 482 g/mol. The Morgan fingerprint density at radius 2 is 1.82 bits per heavy atom. The molecule has 1 fully saturated rings. The van der Waals surface area contributed by atoms with Crippen molar-refractivity contribution >= 4 is 15.8 Å². The Hall–Kier alpha value is -3.20. The van der Waals surface area contributed by atoms with E-state index in [0.717, 1.165) is 50.0 Å². The number of hydrogen-bond donors (Lipinski definition) is 0. The number of pyridine rings is 1. The lowest BCUT2D eigenvalue weighted by atomic mass is 10.0. The second-order valence-corrected chi connectivity index (χ2v) is 10.8. The van der Waals surface area contributed by atoms with Crippen LogP contribution in [0, 0.1) is 0 Å². The standard InChI is InChI=1S/C25H30N4O4S/c1-4-5-19-16-26-25(27-17-19)28-12-10-21(14-18(28)2)33-22-11-13-29(24(30)15-22)20-6-8-23(9-7-20)34(3,31)32/h6-9,11,13,15-18,21H,4-5,10,12,14H2,1-3H3/t18-,21-/m0/s1. The summed E-state index contributed by atoms with van der Waals surface area (Å²) in [4.78, 5) is 24.2. The molecule has 1 aromatic carbocycles. The first kappa shape index (κ1) is 23.9. The van der Waals surface area contributed by atoms with Crippen LogP contribution in [0.25, 0.3) is 5.69 Å². The van der Waals surface area contributed by atoms with Gasteiger partial charge in [0.2, 0.25) is 5.95 Å². The number of anilines is 1. The number of rotatable bonds is 7. The Kier molecular flexibility index (Phi) is 7.02. The smallest absolute Gasteiger partial charge is 0.258 e. The van der Waals surface area contributed by atoms with Gasteiger partial charge in [-0.1, -0.05) is 13.3 Å². The molecule has 4 rings (SSSR count). The average molecular weight is 483 g/mol. The van der Waals surface area contributed by atoms with Crippen LogP contribution in [0.5, 0.6) is 5.75 Å². The van der Waals surface area contributed by atoms with Gasteiger partial charge in [-0.05, 0) is 49.2 Å². The van der Waals surface area contributed by atoms with Crippen molar-refractivity contribution in [2.75, 3.05) is 17.7 Å². The lowest BCUT2D eigenvalue weighted by Gasteiger charge is -2.37. The normalized spacial score (nSPS) is 18.6. The predicted octanol–water partition coefficient (Wildman–Crippen LogP) is 3.42. The van der Waals surface area contributed by atoms with Crippen LogP contribution in [0.1, 0.15) is 38.7 Å². The maximum Gasteiger partial charge on any atom is 0.258 e. The Morgan fingerprint density at radius 1 is 1.12 bits per heavy atom. The number of sulfone groups is 1. The van der Waals surface area contributed by atoms with E-state index in [1.165, 1.54) is 22.8 Å². The zero-order valence-electron chi connectivity index (χ0n) is 19.7. The number of hydrogen-bond acceptors (Lipinski definition) is 7. The van der Waals surface area contributed by atoms with E-state index in [1.54, 1.807) is 24.4 Å². The molecule has 2 atom stereocenters. The molecule has 1 aliphatic heterocycles. The first-order valence-corrected chi connectivity index (χ1v) is 13.4. The summed E-state index contributed by atoms with van der Waals surface area (Å²) in [6.07, 6.45) is 10.3. The van der Waals surface area contributed by atoms with E-state index in [4.69, 9.17) is 4.74 Å². The van der Waals surface area contributed by atoms with Crippen LogP contribution >= 0.6 is 0 Å². The zero-order chi connectivity index (χ0) is 24.3. The van der Waals surface area contributed by atoms with Gasteiger partial charge in [0, 0.05) is 62.0 Å². The molecule has 0 radical (unpaired) electrons. The molecule has 0 aliphatic carbocycles. The van der Waals surface area contributed by atoms with Crippen LogP contribution in [0.4, 0.5) is 5.95 Å². The third-order valence-electron chi connectivity index (χ3n) is 6.05. The number of ether oxygens (including phenoxy) is 1. The van der Waals surface area contributed by atoms with Gasteiger partial charge in [0.1, 0.15) is 11.9 Å². The number of aromatic nitrogens is 3. The topological polar surface area (TPSA) is 94.4 Å². The third kappa shape index (κ3) is 5.47. The fourth-order valence-electron chi connectivity index (χ4n) is 4.24. The molecule has 3 heterocycles. The molecule has 8 nitrogen and oxygen atoms in total. The Labute approximate surface area is 200 Å². The molecule has 1 aliphatic rings. The molecule has 9 heteroatoms. The molecule has 0 amide bonds. The van der Waals surface area contributed by atoms with Gasteiger partial charge in [-0.3, -0.25) is 9.36 Å². The van der Waals surface area contributed by atoms with E-state index in [-0.39, 0.29) is 22.6 Å². The van der Waals surface area contributed by atoms with Gasteiger partial charge in [-0.15, -0.1) is 0 Å². The maximum atomic E-state index is 12.7. The summed E-state index contributed by atoms with van der Waals surface area (Å²) in [6.45, 7) is 5.06. The molecule has 0 saturated carbocycles. The quantitative estimate of drug-likeness (QED) is 0.509. The van der Waals surface area contributed by atoms with Gasteiger partial charge in [-0.25, -0.2) is 18.4 Å². The van der Waals surface area contributed by atoms with E-state index in [0.29, 0.717) is 11.4 Å². The minimum absolute atomic E-state index is 0.00471. The number of nitrogens with zero attached hydrogens (tertiary/aromatic N) is 4. The van der Waals surface area contributed by atoms with Gasteiger partial charge in [-0.2, -0.15) is 0 Å². The molecule has 0 N–H and O–H groups in total. The second-order valence-electron chi connectivity index (χ2n) is 8.78. The molecule has 3 aromatic rings. The fourth-order valence-corrected chi connectivity index (χ4v) is 4.87. The third-order valence-corrected chi connectivity index (χ3v) is 7.18.